The van der Waals surface area contributed by atoms with Crippen LogP contribution in [0.5, 0.6) is 0 Å². The van der Waals surface area contributed by atoms with E-state index in [1.165, 1.54) is 48.6 Å². The first-order valence-electron chi connectivity index (χ1n) is 12.3. The van der Waals surface area contributed by atoms with E-state index in [1.807, 2.05) is 0 Å². The minimum Gasteiger partial charge on any atom is -0.478 e. The van der Waals surface area contributed by atoms with Crippen molar-refractivity contribution in [3.63, 3.8) is 0 Å². The van der Waals surface area contributed by atoms with Gasteiger partial charge in [0, 0.05) is 0 Å². The highest BCUT2D eigenvalue weighted by Gasteiger charge is 2.54. The van der Waals surface area contributed by atoms with Crippen molar-refractivity contribution in [2.24, 2.45) is 0 Å². The second-order valence-electron chi connectivity index (χ2n) is 9.05. The minimum absolute atomic E-state index is 0.0837. The van der Waals surface area contributed by atoms with Gasteiger partial charge in [-0.2, -0.15) is 0 Å². The fraction of sp³-hybridized carbons (Fsp3) is 0.0625. The van der Waals surface area contributed by atoms with Gasteiger partial charge in [-0.3, -0.25) is 0 Å². The van der Waals surface area contributed by atoms with Crippen molar-refractivity contribution in [2.75, 3.05) is 0 Å². The number of benzene rings is 4. The molecule has 2 N–H and O–H groups in total. The number of hydrogen-bond donors (Lipinski definition) is 2. The molecule has 2 atom stereocenters. The van der Waals surface area contributed by atoms with Crippen LogP contribution in [0, 0.1) is 0 Å². The maximum absolute atomic E-state index is 14.7. The summed E-state index contributed by atoms with van der Waals surface area (Å²) in [4.78, 5) is 22.5. The molecule has 9 heteroatoms. The molecule has 41 heavy (non-hydrogen) atoms. The van der Waals surface area contributed by atoms with Gasteiger partial charge in [0.15, 0.2) is 8.41 Å². The quantitative estimate of drug-likeness (QED) is 0.182. The first kappa shape index (κ1) is 29.8. The van der Waals surface area contributed by atoms with Gasteiger partial charge in [0.2, 0.25) is 9.84 Å². The van der Waals surface area contributed by atoms with Crippen LogP contribution in [0.25, 0.3) is 12.2 Å². The summed E-state index contributed by atoms with van der Waals surface area (Å²) in [5.74, 6) is -2.17. The minimum atomic E-state index is -4.58. The van der Waals surface area contributed by atoms with Crippen molar-refractivity contribution in [2.45, 2.75) is 8.41 Å². The molecule has 0 saturated carbocycles. The van der Waals surface area contributed by atoms with Gasteiger partial charge >= 0.3 is 11.9 Å². The number of aromatic carboxylic acids is 2. The molecule has 4 rings (SSSR count). The van der Waals surface area contributed by atoms with Crippen LogP contribution in [0.15, 0.2) is 121 Å². The highest BCUT2D eigenvalue weighted by Crippen LogP contribution is 2.50. The molecule has 2 unspecified atom stereocenters. The third-order valence-corrected chi connectivity index (χ3v) is 10.6. The van der Waals surface area contributed by atoms with Crippen LogP contribution in [0.4, 0.5) is 0 Å². The molecule has 0 aliphatic carbocycles. The molecule has 0 fully saturated rings. The van der Waals surface area contributed by atoms with Gasteiger partial charge < -0.3 is 10.2 Å². The Hall–Kier alpha value is -4.17. The zero-order chi connectivity index (χ0) is 29.7. The molecule has 0 aliphatic heterocycles. The first-order chi connectivity index (χ1) is 19.5. The monoisotopic (exact) mass is 606 g/mol. The van der Waals surface area contributed by atoms with Crippen LogP contribution in [-0.2, 0) is 18.2 Å². The first-order valence-corrected chi connectivity index (χ1v) is 14.5. The van der Waals surface area contributed by atoms with Crippen molar-refractivity contribution in [3.05, 3.63) is 155 Å². The Balaban J connectivity index is 1.87. The summed E-state index contributed by atoms with van der Waals surface area (Å²) < 4.78 is 25.0. The standard InChI is InChI=1S/C32H24Cl2O6S/c33-31(27-7-3-1-4-8-27,21-19-23-11-15-25(16-12-23)29(35)36)41(39,40)32(34,28-9-5-2-6-10-28)22-20-24-13-17-26(18-14-24)30(37)38/h1-22H,(H,35,36)(H,37,38)/b21-19+,22-20+. The zero-order valence-corrected chi connectivity index (χ0v) is 23.7. The summed E-state index contributed by atoms with van der Waals surface area (Å²) in [5.41, 5.74) is 1.72. The topological polar surface area (TPSA) is 109 Å². The maximum atomic E-state index is 14.7. The molecule has 4 aromatic carbocycles. The number of rotatable bonds is 10. The van der Waals surface area contributed by atoms with E-state index < -0.39 is 30.2 Å². The lowest BCUT2D eigenvalue weighted by Gasteiger charge is -2.34. The SMILES string of the molecule is O=C(O)c1ccc(/C=C/C(Cl)(c2ccccc2)S(=O)(=O)C(Cl)(/C=C/c2ccc(C(=O)O)cc2)c2ccccc2)cc1. The van der Waals surface area contributed by atoms with Gasteiger partial charge in [-0.15, -0.1) is 0 Å². The van der Waals surface area contributed by atoms with Gasteiger partial charge in [0.25, 0.3) is 0 Å². The van der Waals surface area contributed by atoms with E-state index in [9.17, 15) is 28.2 Å². The average molecular weight is 608 g/mol. The second-order valence-corrected chi connectivity index (χ2v) is 13.0. The van der Waals surface area contributed by atoms with Crippen molar-refractivity contribution < 1.29 is 28.2 Å². The molecule has 0 aliphatic rings. The van der Waals surface area contributed by atoms with Crippen LogP contribution < -0.4 is 0 Å². The van der Waals surface area contributed by atoms with Crippen molar-refractivity contribution in [3.8, 4) is 0 Å². The summed E-state index contributed by atoms with van der Waals surface area (Å²) in [5, 5.41) is 18.4. The van der Waals surface area contributed by atoms with Crippen LogP contribution in [0.2, 0.25) is 0 Å². The van der Waals surface area contributed by atoms with Crippen LogP contribution in [0.1, 0.15) is 43.0 Å². The summed E-state index contributed by atoms with van der Waals surface area (Å²) in [6, 6.07) is 28.2. The Labute approximate surface area is 247 Å². The predicted molar refractivity (Wildman–Crippen MR) is 162 cm³/mol. The summed E-state index contributed by atoms with van der Waals surface area (Å²) in [6.07, 6.45) is 5.65. The average Bonchev–Trinajstić information content (AvgIpc) is 2.99. The van der Waals surface area contributed by atoms with E-state index in [4.69, 9.17) is 23.2 Å². The van der Waals surface area contributed by atoms with E-state index in [0.29, 0.717) is 11.1 Å². The van der Waals surface area contributed by atoms with Gasteiger partial charge in [-0.25, -0.2) is 18.0 Å². The molecule has 0 spiro atoms. The van der Waals surface area contributed by atoms with E-state index >= 15 is 0 Å². The number of carboxylic acids is 2. The second kappa shape index (κ2) is 12.1. The van der Waals surface area contributed by atoms with Gasteiger partial charge in [-0.1, -0.05) is 120 Å². The number of carboxylic acid groups (broad SMARTS) is 2. The Morgan fingerprint density at radius 1 is 0.561 bits per heavy atom. The molecule has 6 nitrogen and oxygen atoms in total. The molecule has 208 valence electrons. The molecule has 0 heterocycles. The number of hydrogen-bond acceptors (Lipinski definition) is 4. The summed E-state index contributed by atoms with van der Waals surface area (Å²) in [7, 11) is -4.58. The smallest absolute Gasteiger partial charge is 0.335 e. The lowest BCUT2D eigenvalue weighted by Crippen LogP contribution is -2.40. The number of carbonyl (C=O) groups is 2. The fourth-order valence-corrected chi connectivity index (χ4v) is 7.16. The van der Waals surface area contributed by atoms with Gasteiger partial charge in [-0.05, 0) is 58.7 Å². The number of halogens is 2. The normalized spacial score (nSPS) is 14.9. The van der Waals surface area contributed by atoms with E-state index in [0.717, 1.165) is 0 Å². The largest absolute Gasteiger partial charge is 0.478 e. The van der Waals surface area contributed by atoms with E-state index in [1.54, 1.807) is 84.9 Å². The van der Waals surface area contributed by atoms with Gasteiger partial charge in [0.05, 0.1) is 11.1 Å². The highest BCUT2D eigenvalue weighted by atomic mass is 35.5. The number of alkyl halides is 2. The Morgan fingerprint density at radius 2 is 0.878 bits per heavy atom. The molecule has 4 aromatic rings. The van der Waals surface area contributed by atoms with Crippen LogP contribution in [0.3, 0.4) is 0 Å². The van der Waals surface area contributed by atoms with Crippen LogP contribution >= 0.6 is 23.2 Å². The van der Waals surface area contributed by atoms with Gasteiger partial charge in [0.1, 0.15) is 0 Å². The fourth-order valence-electron chi connectivity index (χ4n) is 4.11. The van der Waals surface area contributed by atoms with Crippen LogP contribution in [-0.4, -0.2) is 30.6 Å². The van der Waals surface area contributed by atoms with Crippen molar-refractivity contribution in [1.82, 2.24) is 0 Å². The molecular weight excluding hydrogens is 583 g/mol. The Bertz CT molecular complexity index is 1580. The predicted octanol–water partition coefficient (Wildman–Crippen LogP) is 7.41. The van der Waals surface area contributed by atoms with Crippen molar-refractivity contribution in [1.29, 1.82) is 0 Å². The molecule has 0 bridgehead atoms. The summed E-state index contributed by atoms with van der Waals surface area (Å²) in [6.45, 7) is 0. The molecule has 0 amide bonds. The molecule has 0 saturated heterocycles. The van der Waals surface area contributed by atoms with E-state index in [-0.39, 0.29) is 22.3 Å². The zero-order valence-electron chi connectivity index (χ0n) is 21.4. The Kier molecular flexibility index (Phi) is 8.83. The summed E-state index contributed by atoms with van der Waals surface area (Å²) >= 11 is 14.2. The van der Waals surface area contributed by atoms with E-state index in [2.05, 4.69) is 0 Å². The highest BCUT2D eigenvalue weighted by molar-refractivity contribution is 7.96. The number of sulfone groups is 1. The lowest BCUT2D eigenvalue weighted by molar-refractivity contribution is 0.0686. The molecule has 0 radical (unpaired) electrons. The maximum Gasteiger partial charge on any atom is 0.335 e. The molecular formula is C32H24Cl2O6S. The molecule has 0 aromatic heterocycles. The Morgan fingerprint density at radius 3 is 1.17 bits per heavy atom. The third kappa shape index (κ3) is 6.12. The third-order valence-electron chi connectivity index (χ3n) is 6.41. The van der Waals surface area contributed by atoms with Crippen molar-refractivity contribution >= 4 is 57.1 Å². The lowest BCUT2D eigenvalue weighted by atomic mass is 10.1.